The number of hydrogen-bond acceptors (Lipinski definition) is 8. The van der Waals surface area contributed by atoms with Gasteiger partial charge in [0.15, 0.2) is 10.9 Å². The zero-order valence-corrected chi connectivity index (χ0v) is 13.1. The van der Waals surface area contributed by atoms with Gasteiger partial charge in [-0.15, -0.1) is 0 Å². The Morgan fingerprint density at radius 3 is 2.83 bits per heavy atom. The van der Waals surface area contributed by atoms with Crippen LogP contribution in [-0.4, -0.2) is 64.4 Å². The van der Waals surface area contributed by atoms with Crippen molar-refractivity contribution in [1.29, 1.82) is 0 Å². The molecule has 23 heavy (non-hydrogen) atoms. The third-order valence-corrected chi connectivity index (χ3v) is 4.18. The van der Waals surface area contributed by atoms with Crippen molar-refractivity contribution in [2.24, 2.45) is 0 Å². The second-order valence-electron chi connectivity index (χ2n) is 4.89. The first-order valence-electron chi connectivity index (χ1n) is 6.40. The van der Waals surface area contributed by atoms with Crippen LogP contribution in [0.2, 0.25) is 0 Å². The van der Waals surface area contributed by atoms with E-state index in [1.807, 2.05) is 0 Å². The Bertz CT molecular complexity index is 819. The van der Waals surface area contributed by atoms with Crippen LogP contribution in [0.4, 0.5) is 0 Å². The minimum absolute atomic E-state index is 0.256. The van der Waals surface area contributed by atoms with E-state index >= 15 is 0 Å². The number of phosphoric ester groups is 1. The summed E-state index contributed by atoms with van der Waals surface area (Å²) in [7, 11) is -4.71. The number of phosphoric acid groups is 1. The largest absolute Gasteiger partial charge is 0.469 e. The number of aliphatic hydroxyl groups is 2. The monoisotopic (exact) mass is 364 g/mol. The fraction of sp³-hybridized carbons (Fsp3) is 0.500. The first-order chi connectivity index (χ1) is 10.8. The zero-order chi connectivity index (χ0) is 16.8. The van der Waals surface area contributed by atoms with Gasteiger partial charge in [-0.05, 0) is 0 Å². The number of nitrogens with one attached hydrogen (secondary N) is 1. The molecule has 0 aliphatic carbocycles. The lowest BCUT2D eigenvalue weighted by atomic mass is 10.1. The molecule has 5 N–H and O–H groups in total. The SMILES string of the molecule is O=P(O)(O)OC[C@H]1O[C@@H](n2cnc3c(=S)nc[nH]c32)[C@H](O)[C@@H]1O. The van der Waals surface area contributed by atoms with E-state index in [4.69, 9.17) is 26.7 Å². The highest BCUT2D eigenvalue weighted by molar-refractivity contribution is 7.71. The van der Waals surface area contributed by atoms with Gasteiger partial charge in [0.25, 0.3) is 0 Å². The molecule has 0 saturated carbocycles. The number of aromatic amines is 1. The molecule has 11 nitrogen and oxygen atoms in total. The van der Waals surface area contributed by atoms with E-state index in [1.165, 1.54) is 17.2 Å². The average molecular weight is 364 g/mol. The van der Waals surface area contributed by atoms with Crippen LogP contribution >= 0.6 is 20.0 Å². The van der Waals surface area contributed by atoms with Crippen molar-refractivity contribution in [3.05, 3.63) is 17.3 Å². The van der Waals surface area contributed by atoms with Crippen LogP contribution in [0, 0.1) is 4.64 Å². The van der Waals surface area contributed by atoms with Crippen LogP contribution in [-0.2, 0) is 13.8 Å². The molecule has 0 bridgehead atoms. The Balaban J connectivity index is 1.87. The van der Waals surface area contributed by atoms with Gasteiger partial charge in [-0.25, -0.2) is 14.5 Å². The van der Waals surface area contributed by atoms with Crippen molar-refractivity contribution in [2.75, 3.05) is 6.61 Å². The summed E-state index contributed by atoms with van der Waals surface area (Å²) in [6.45, 7) is -0.580. The molecule has 0 amide bonds. The fourth-order valence-corrected chi connectivity index (χ4v) is 2.88. The lowest BCUT2D eigenvalue weighted by molar-refractivity contribution is -0.0504. The third-order valence-electron chi connectivity index (χ3n) is 3.40. The van der Waals surface area contributed by atoms with E-state index in [-0.39, 0.29) is 4.64 Å². The highest BCUT2D eigenvalue weighted by atomic mass is 32.1. The van der Waals surface area contributed by atoms with Crippen molar-refractivity contribution in [3.63, 3.8) is 0 Å². The molecular weight excluding hydrogens is 351 g/mol. The lowest BCUT2D eigenvalue weighted by Gasteiger charge is -2.16. The highest BCUT2D eigenvalue weighted by Crippen LogP contribution is 2.38. The van der Waals surface area contributed by atoms with Gasteiger partial charge < -0.3 is 29.7 Å². The second kappa shape index (κ2) is 6.00. The van der Waals surface area contributed by atoms with E-state index in [0.717, 1.165) is 0 Å². The van der Waals surface area contributed by atoms with E-state index in [1.54, 1.807) is 0 Å². The predicted octanol–water partition coefficient (Wildman–Crippen LogP) is -0.783. The van der Waals surface area contributed by atoms with Crippen molar-refractivity contribution >= 4 is 31.2 Å². The van der Waals surface area contributed by atoms with E-state index in [0.29, 0.717) is 11.2 Å². The minimum Gasteiger partial charge on any atom is -0.387 e. The molecule has 0 aromatic carbocycles. The van der Waals surface area contributed by atoms with Crippen molar-refractivity contribution in [3.8, 4) is 0 Å². The van der Waals surface area contributed by atoms with Gasteiger partial charge >= 0.3 is 7.82 Å². The summed E-state index contributed by atoms with van der Waals surface area (Å²) in [5, 5.41) is 20.1. The maximum atomic E-state index is 10.7. The zero-order valence-electron chi connectivity index (χ0n) is 11.4. The topological polar surface area (TPSA) is 163 Å². The van der Waals surface area contributed by atoms with Crippen LogP contribution in [0.25, 0.3) is 11.2 Å². The van der Waals surface area contributed by atoms with Crippen LogP contribution in [0.5, 0.6) is 0 Å². The van der Waals surface area contributed by atoms with Crippen molar-refractivity contribution in [2.45, 2.75) is 24.5 Å². The molecule has 0 spiro atoms. The molecule has 4 atom stereocenters. The van der Waals surface area contributed by atoms with Crippen LogP contribution < -0.4 is 0 Å². The molecular formula is C10H13N4O7PS. The molecule has 13 heteroatoms. The summed E-state index contributed by atoms with van der Waals surface area (Å²) in [5.74, 6) is 0. The number of ether oxygens (including phenoxy) is 1. The van der Waals surface area contributed by atoms with Gasteiger partial charge in [0, 0.05) is 0 Å². The molecule has 2 aromatic rings. The Morgan fingerprint density at radius 2 is 2.13 bits per heavy atom. The molecule has 1 aliphatic rings. The first kappa shape index (κ1) is 16.6. The van der Waals surface area contributed by atoms with Gasteiger partial charge in [-0.3, -0.25) is 9.09 Å². The molecule has 1 aliphatic heterocycles. The number of fused-ring (bicyclic) bond motifs is 1. The summed E-state index contributed by atoms with van der Waals surface area (Å²) < 4.78 is 22.2. The number of aromatic nitrogens is 4. The molecule has 0 radical (unpaired) electrons. The summed E-state index contributed by atoms with van der Waals surface area (Å²) >= 11 is 5.03. The van der Waals surface area contributed by atoms with Crippen LogP contribution in [0.15, 0.2) is 12.7 Å². The number of hydrogen-bond donors (Lipinski definition) is 5. The smallest absolute Gasteiger partial charge is 0.387 e. The van der Waals surface area contributed by atoms with Crippen molar-refractivity contribution < 1.29 is 33.8 Å². The Hall–Kier alpha value is -1.24. The Kier molecular flexibility index (Phi) is 4.33. The fourth-order valence-electron chi connectivity index (χ4n) is 2.33. The van der Waals surface area contributed by atoms with Crippen LogP contribution in [0.3, 0.4) is 0 Å². The maximum Gasteiger partial charge on any atom is 0.469 e. The second-order valence-corrected chi connectivity index (χ2v) is 6.52. The van der Waals surface area contributed by atoms with Gasteiger partial charge in [0.2, 0.25) is 0 Å². The molecule has 1 fully saturated rings. The minimum atomic E-state index is -4.71. The molecule has 1 saturated heterocycles. The third kappa shape index (κ3) is 3.20. The van der Waals surface area contributed by atoms with Crippen LogP contribution in [0.1, 0.15) is 6.23 Å². The van der Waals surface area contributed by atoms with Gasteiger partial charge in [-0.1, -0.05) is 12.2 Å². The van der Waals surface area contributed by atoms with Gasteiger partial charge in [0.1, 0.15) is 29.5 Å². The first-order valence-corrected chi connectivity index (χ1v) is 8.33. The number of rotatable bonds is 4. The summed E-state index contributed by atoms with van der Waals surface area (Å²) in [5.41, 5.74) is 0.820. The number of H-pyrrole nitrogens is 1. The summed E-state index contributed by atoms with van der Waals surface area (Å²) in [6.07, 6.45) is -2.19. The lowest BCUT2D eigenvalue weighted by Crippen LogP contribution is -2.33. The van der Waals surface area contributed by atoms with Gasteiger partial charge in [-0.2, -0.15) is 0 Å². The normalized spacial score (nSPS) is 28.5. The summed E-state index contributed by atoms with van der Waals surface area (Å²) in [4.78, 5) is 28.2. The highest BCUT2D eigenvalue weighted by Gasteiger charge is 2.45. The molecule has 2 aromatic heterocycles. The average Bonchev–Trinajstić information content (AvgIpc) is 3.01. The predicted molar refractivity (Wildman–Crippen MR) is 76.6 cm³/mol. The van der Waals surface area contributed by atoms with E-state index in [9.17, 15) is 14.8 Å². The maximum absolute atomic E-state index is 10.7. The molecule has 126 valence electrons. The van der Waals surface area contributed by atoms with Crippen molar-refractivity contribution in [1.82, 2.24) is 19.5 Å². The Morgan fingerprint density at radius 1 is 1.39 bits per heavy atom. The number of nitrogens with zero attached hydrogens (tertiary/aromatic N) is 3. The molecule has 3 heterocycles. The standard InChI is InChI=1S/C10H13N4O7PS/c15-6-4(1-20-22(17,18)19)21-10(7(6)16)14-3-13-5-8(14)11-2-12-9(5)23/h2-4,6-7,10,15-16H,1H2,(H,11,12,23)(H2,17,18,19)/t4-,6-,7-,10-/m1/s1. The molecule has 3 rings (SSSR count). The molecule has 0 unspecified atom stereocenters. The number of imidazole rings is 1. The van der Waals surface area contributed by atoms with E-state index in [2.05, 4.69) is 19.5 Å². The summed E-state index contributed by atoms with van der Waals surface area (Å²) in [6, 6.07) is 0. The Labute approximate surface area is 133 Å². The quantitative estimate of drug-likeness (QED) is 0.343. The van der Waals surface area contributed by atoms with E-state index < -0.39 is 39.0 Å². The van der Waals surface area contributed by atoms with Gasteiger partial charge in [0.05, 0.1) is 19.3 Å². The number of aliphatic hydroxyl groups excluding tert-OH is 2.